The monoisotopic (exact) mass is 515 g/mol. The van der Waals surface area contributed by atoms with Crippen LogP contribution in [0.25, 0.3) is 10.4 Å². The summed E-state index contributed by atoms with van der Waals surface area (Å²) in [4.78, 5) is 28.7. The van der Waals surface area contributed by atoms with E-state index in [1.54, 1.807) is 25.3 Å². The maximum atomic E-state index is 12.6. The Bertz CT molecular complexity index is 1200. The number of carboxylic acids is 1. The summed E-state index contributed by atoms with van der Waals surface area (Å²) in [6.07, 6.45) is 3.17. The maximum Gasteiger partial charge on any atom is 0.412 e. The van der Waals surface area contributed by atoms with Crippen LogP contribution in [0.2, 0.25) is 5.15 Å². The second kappa shape index (κ2) is 11.0. The molecule has 2 N–H and O–H groups in total. The van der Waals surface area contributed by atoms with Gasteiger partial charge in [0.2, 0.25) is 0 Å². The summed E-state index contributed by atoms with van der Waals surface area (Å²) in [6, 6.07) is 11.0. The molecule has 1 fully saturated rings. The SMILES string of the molecule is Cc1nsc(-c2ccc(O[C@H]3CCC[C@H](C(=O)O)C3)cc2)c1NC(=O)O[C@H](C)c1cccnc1Cl. The van der Waals surface area contributed by atoms with Crippen molar-refractivity contribution >= 4 is 40.9 Å². The first-order valence-corrected chi connectivity index (χ1v) is 12.5. The van der Waals surface area contributed by atoms with Crippen LogP contribution < -0.4 is 10.1 Å². The molecule has 0 radical (unpaired) electrons. The largest absolute Gasteiger partial charge is 0.490 e. The van der Waals surface area contributed by atoms with Crippen LogP contribution >= 0.6 is 23.1 Å². The number of carbonyl (C=O) groups excluding carboxylic acids is 1. The molecule has 1 amide bonds. The molecule has 2 aromatic heterocycles. The number of anilines is 1. The van der Waals surface area contributed by atoms with Crippen LogP contribution in [0.3, 0.4) is 0 Å². The number of nitrogens with one attached hydrogen (secondary N) is 1. The summed E-state index contributed by atoms with van der Waals surface area (Å²) in [7, 11) is 0. The summed E-state index contributed by atoms with van der Waals surface area (Å²) in [5.74, 6) is -0.425. The van der Waals surface area contributed by atoms with Gasteiger partial charge in [-0.1, -0.05) is 17.7 Å². The van der Waals surface area contributed by atoms with Crippen LogP contribution in [0.1, 0.15) is 50.0 Å². The highest BCUT2D eigenvalue weighted by Gasteiger charge is 2.28. The first-order valence-electron chi connectivity index (χ1n) is 11.4. The second-order valence-corrected chi connectivity index (χ2v) is 9.63. The van der Waals surface area contributed by atoms with E-state index in [-0.39, 0.29) is 17.2 Å². The molecule has 1 aliphatic carbocycles. The Labute approximate surface area is 212 Å². The molecule has 0 spiro atoms. The van der Waals surface area contributed by atoms with Gasteiger partial charge in [-0.05, 0) is 87.0 Å². The van der Waals surface area contributed by atoms with E-state index >= 15 is 0 Å². The Morgan fingerprint density at radius 3 is 2.71 bits per heavy atom. The number of hydrogen-bond donors (Lipinski definition) is 2. The molecule has 8 nitrogen and oxygen atoms in total. The fraction of sp³-hybridized carbons (Fsp3) is 0.360. The van der Waals surface area contributed by atoms with Gasteiger partial charge in [0.15, 0.2) is 0 Å². The number of ether oxygens (including phenoxy) is 2. The third kappa shape index (κ3) is 6.10. The lowest BCUT2D eigenvalue weighted by Gasteiger charge is -2.27. The van der Waals surface area contributed by atoms with Crippen molar-refractivity contribution in [3.63, 3.8) is 0 Å². The van der Waals surface area contributed by atoms with E-state index < -0.39 is 18.2 Å². The van der Waals surface area contributed by atoms with E-state index in [1.165, 1.54) is 11.5 Å². The summed E-state index contributed by atoms with van der Waals surface area (Å²) < 4.78 is 15.9. The minimum absolute atomic E-state index is 0.108. The smallest absolute Gasteiger partial charge is 0.412 e. The topological polar surface area (TPSA) is 111 Å². The molecular weight excluding hydrogens is 490 g/mol. The Morgan fingerprint density at radius 2 is 2.00 bits per heavy atom. The number of rotatable bonds is 7. The summed E-state index contributed by atoms with van der Waals surface area (Å²) in [5.41, 5.74) is 2.74. The number of aryl methyl sites for hydroxylation is 1. The van der Waals surface area contributed by atoms with Gasteiger partial charge >= 0.3 is 12.1 Å². The van der Waals surface area contributed by atoms with E-state index in [9.17, 15) is 14.7 Å². The Hall–Kier alpha value is -3.17. The molecule has 0 bridgehead atoms. The van der Waals surface area contributed by atoms with Crippen LogP contribution in [0.5, 0.6) is 5.75 Å². The first-order chi connectivity index (χ1) is 16.8. The van der Waals surface area contributed by atoms with Gasteiger partial charge in [0.25, 0.3) is 0 Å². The van der Waals surface area contributed by atoms with Crippen LogP contribution in [-0.2, 0) is 9.53 Å². The Kier molecular flexibility index (Phi) is 7.87. The quantitative estimate of drug-likeness (QED) is 0.345. The number of benzene rings is 1. The van der Waals surface area contributed by atoms with Gasteiger partial charge < -0.3 is 14.6 Å². The third-order valence-electron chi connectivity index (χ3n) is 5.99. The summed E-state index contributed by atoms with van der Waals surface area (Å²) in [6.45, 7) is 3.54. The minimum Gasteiger partial charge on any atom is -0.490 e. The summed E-state index contributed by atoms with van der Waals surface area (Å²) in [5, 5.41) is 12.4. The van der Waals surface area contributed by atoms with Gasteiger partial charge in [0.05, 0.1) is 28.3 Å². The van der Waals surface area contributed by atoms with Gasteiger partial charge in [-0.15, -0.1) is 0 Å². The highest BCUT2D eigenvalue weighted by molar-refractivity contribution is 7.10. The van der Waals surface area contributed by atoms with Crippen molar-refractivity contribution in [2.75, 3.05) is 5.32 Å². The van der Waals surface area contributed by atoms with Gasteiger partial charge in [0.1, 0.15) is 17.0 Å². The van der Waals surface area contributed by atoms with E-state index in [0.717, 1.165) is 23.3 Å². The lowest BCUT2D eigenvalue weighted by Crippen LogP contribution is -2.29. The predicted molar refractivity (Wildman–Crippen MR) is 134 cm³/mol. The van der Waals surface area contributed by atoms with Crippen molar-refractivity contribution in [3.05, 3.63) is 59.0 Å². The Morgan fingerprint density at radius 1 is 1.23 bits per heavy atom. The van der Waals surface area contributed by atoms with E-state index in [2.05, 4.69) is 14.7 Å². The zero-order valence-electron chi connectivity index (χ0n) is 19.4. The highest BCUT2D eigenvalue weighted by Crippen LogP contribution is 2.36. The van der Waals surface area contributed by atoms with Gasteiger partial charge in [0, 0.05) is 11.8 Å². The molecule has 0 unspecified atom stereocenters. The lowest BCUT2D eigenvalue weighted by atomic mass is 9.87. The van der Waals surface area contributed by atoms with Gasteiger partial charge in [-0.25, -0.2) is 9.78 Å². The molecule has 1 saturated carbocycles. The molecule has 2 heterocycles. The van der Waals surface area contributed by atoms with Gasteiger partial charge in [-0.2, -0.15) is 4.37 Å². The number of aromatic nitrogens is 2. The number of hydrogen-bond acceptors (Lipinski definition) is 7. The zero-order chi connectivity index (χ0) is 24.9. The number of carbonyl (C=O) groups is 2. The molecule has 0 saturated heterocycles. The average molecular weight is 516 g/mol. The van der Waals surface area contributed by atoms with Crippen molar-refractivity contribution < 1.29 is 24.2 Å². The standard InChI is InChI=1S/C25H26ClN3O5S/c1-14-21(28-25(32)33-15(2)20-7-4-12-27-23(20)26)22(35-29-14)16-8-10-18(11-9-16)34-19-6-3-5-17(13-19)24(30)31/h4,7-12,15,17,19H,3,5-6,13H2,1-2H3,(H,28,32)(H,30,31)/t15-,17+,19+/m1/s1. The number of carboxylic acid groups (broad SMARTS) is 1. The fourth-order valence-electron chi connectivity index (χ4n) is 4.12. The number of amides is 1. The molecule has 0 aliphatic heterocycles. The van der Waals surface area contributed by atoms with Crippen molar-refractivity contribution in [1.82, 2.24) is 9.36 Å². The van der Waals surface area contributed by atoms with Crippen LogP contribution in [-0.4, -0.2) is 32.6 Å². The number of pyridine rings is 1. The van der Waals surface area contributed by atoms with E-state index in [1.807, 2.05) is 31.2 Å². The van der Waals surface area contributed by atoms with Crippen molar-refractivity contribution in [2.24, 2.45) is 5.92 Å². The highest BCUT2D eigenvalue weighted by atomic mass is 35.5. The summed E-state index contributed by atoms with van der Waals surface area (Å²) >= 11 is 7.38. The van der Waals surface area contributed by atoms with Crippen molar-refractivity contribution in [2.45, 2.75) is 51.7 Å². The van der Waals surface area contributed by atoms with E-state index in [0.29, 0.717) is 35.5 Å². The lowest BCUT2D eigenvalue weighted by molar-refractivity contribution is -0.143. The second-order valence-electron chi connectivity index (χ2n) is 8.49. The first kappa shape index (κ1) is 24.9. The normalized spacial score (nSPS) is 18.5. The van der Waals surface area contributed by atoms with Crippen LogP contribution in [0.4, 0.5) is 10.5 Å². The zero-order valence-corrected chi connectivity index (χ0v) is 20.9. The molecule has 3 atom stereocenters. The maximum absolute atomic E-state index is 12.6. The number of aliphatic carboxylic acids is 1. The number of nitrogens with zero attached hydrogens (tertiary/aromatic N) is 2. The molecule has 184 valence electrons. The number of halogens is 1. The Balaban J connectivity index is 1.42. The average Bonchev–Trinajstić information content (AvgIpc) is 3.19. The molecule has 3 aromatic rings. The minimum atomic E-state index is -0.759. The van der Waals surface area contributed by atoms with Gasteiger partial charge in [-0.3, -0.25) is 10.1 Å². The fourth-order valence-corrected chi connectivity index (χ4v) is 5.25. The van der Waals surface area contributed by atoms with E-state index in [4.69, 9.17) is 21.1 Å². The molecule has 1 aromatic carbocycles. The molecule has 35 heavy (non-hydrogen) atoms. The molecule has 10 heteroatoms. The van der Waals surface area contributed by atoms with Crippen LogP contribution in [0.15, 0.2) is 42.6 Å². The van der Waals surface area contributed by atoms with Crippen molar-refractivity contribution in [3.8, 4) is 16.2 Å². The van der Waals surface area contributed by atoms with Crippen molar-refractivity contribution in [1.29, 1.82) is 0 Å². The van der Waals surface area contributed by atoms with Crippen LogP contribution in [0, 0.1) is 12.8 Å². The molecular formula is C25H26ClN3O5S. The molecule has 4 rings (SSSR count). The molecule has 1 aliphatic rings. The predicted octanol–water partition coefficient (Wildman–Crippen LogP) is 6.50. The third-order valence-corrected chi connectivity index (χ3v) is 7.30.